The third-order valence-corrected chi connectivity index (χ3v) is 4.62. The average molecular weight is 246 g/mol. The molecule has 1 N–H and O–H groups in total. The van der Waals surface area contributed by atoms with Crippen LogP contribution in [-0.2, 0) is 0 Å². The molecule has 2 atom stereocenters. The van der Waals surface area contributed by atoms with Crippen LogP contribution in [0.25, 0.3) is 0 Å². The lowest BCUT2D eigenvalue weighted by molar-refractivity contribution is 0.0827. The van der Waals surface area contributed by atoms with Gasteiger partial charge in [0, 0.05) is 29.0 Å². The molecule has 2 saturated heterocycles. The molecular formula is C15H22N2O. The molecule has 2 aliphatic rings. The van der Waals surface area contributed by atoms with Crippen LogP contribution >= 0.6 is 0 Å². The number of piperidine rings is 1. The van der Waals surface area contributed by atoms with Crippen LogP contribution in [-0.4, -0.2) is 34.3 Å². The molecule has 18 heavy (non-hydrogen) atoms. The van der Waals surface area contributed by atoms with Gasteiger partial charge in [-0.05, 0) is 45.6 Å². The fourth-order valence-electron chi connectivity index (χ4n) is 3.75. The number of ketones is 1. The third kappa shape index (κ3) is 2.01. The van der Waals surface area contributed by atoms with E-state index in [-0.39, 0.29) is 5.78 Å². The predicted molar refractivity (Wildman–Crippen MR) is 72.0 cm³/mol. The predicted octanol–water partition coefficient (Wildman–Crippen LogP) is 2.83. The van der Waals surface area contributed by atoms with Crippen LogP contribution in [0.5, 0.6) is 0 Å². The number of aromatic nitrogens is 1. The Labute approximate surface area is 109 Å². The maximum Gasteiger partial charge on any atom is 0.178 e. The number of H-pyrrole nitrogens is 1. The minimum absolute atomic E-state index is 0.288. The van der Waals surface area contributed by atoms with Crippen molar-refractivity contribution in [1.29, 1.82) is 0 Å². The van der Waals surface area contributed by atoms with E-state index in [4.69, 9.17) is 0 Å². The van der Waals surface area contributed by atoms with Gasteiger partial charge in [0.1, 0.15) is 0 Å². The summed E-state index contributed by atoms with van der Waals surface area (Å²) in [5.74, 6) is 0.288. The quantitative estimate of drug-likeness (QED) is 0.832. The summed E-state index contributed by atoms with van der Waals surface area (Å²) in [5.41, 5.74) is 2.98. The fourth-order valence-corrected chi connectivity index (χ4v) is 3.75. The van der Waals surface area contributed by atoms with Crippen LogP contribution in [0.2, 0.25) is 0 Å². The van der Waals surface area contributed by atoms with Crippen molar-refractivity contribution in [1.82, 2.24) is 9.88 Å². The van der Waals surface area contributed by atoms with Gasteiger partial charge in [-0.1, -0.05) is 6.42 Å². The molecule has 0 amide bonds. The van der Waals surface area contributed by atoms with Crippen LogP contribution in [0.1, 0.15) is 53.8 Å². The number of carbonyl (C=O) groups excluding carboxylic acids is 1. The third-order valence-electron chi connectivity index (χ3n) is 4.62. The summed E-state index contributed by atoms with van der Waals surface area (Å²) in [7, 11) is 0. The van der Waals surface area contributed by atoms with E-state index in [0.717, 1.165) is 17.0 Å². The number of carbonyl (C=O) groups is 1. The van der Waals surface area contributed by atoms with Crippen molar-refractivity contribution in [2.45, 2.75) is 58.0 Å². The zero-order chi connectivity index (χ0) is 12.7. The van der Waals surface area contributed by atoms with E-state index in [1.54, 1.807) is 0 Å². The summed E-state index contributed by atoms with van der Waals surface area (Å²) in [6, 6.07) is 3.34. The second-order valence-corrected chi connectivity index (χ2v) is 5.90. The van der Waals surface area contributed by atoms with E-state index in [2.05, 4.69) is 9.88 Å². The molecule has 0 saturated carbocycles. The molecule has 3 heterocycles. The van der Waals surface area contributed by atoms with Gasteiger partial charge < -0.3 is 4.98 Å². The lowest BCUT2D eigenvalue weighted by Crippen LogP contribution is -2.42. The summed E-state index contributed by atoms with van der Waals surface area (Å²) in [4.78, 5) is 18.1. The maximum atomic E-state index is 12.4. The molecule has 0 aliphatic carbocycles. The highest BCUT2D eigenvalue weighted by molar-refractivity contribution is 5.99. The van der Waals surface area contributed by atoms with Gasteiger partial charge >= 0.3 is 0 Å². The first-order valence-corrected chi connectivity index (χ1v) is 7.10. The minimum Gasteiger partial charge on any atom is -0.362 e. The Kier molecular flexibility index (Phi) is 3.02. The van der Waals surface area contributed by atoms with Gasteiger partial charge in [0.25, 0.3) is 0 Å². The number of rotatable bonds is 3. The first-order chi connectivity index (χ1) is 8.65. The van der Waals surface area contributed by atoms with Crippen LogP contribution in [0.4, 0.5) is 0 Å². The van der Waals surface area contributed by atoms with Gasteiger partial charge in [-0.3, -0.25) is 9.69 Å². The van der Waals surface area contributed by atoms with Crippen LogP contribution in [0.3, 0.4) is 0 Å². The van der Waals surface area contributed by atoms with E-state index < -0.39 is 0 Å². The number of hydrogen-bond acceptors (Lipinski definition) is 2. The SMILES string of the molecule is Cc1cc(C(=O)CN2C3CCCC2CC3)c(C)[nH]1. The lowest BCUT2D eigenvalue weighted by atomic mass is 10.0. The van der Waals surface area contributed by atoms with Gasteiger partial charge in [0.2, 0.25) is 0 Å². The topological polar surface area (TPSA) is 36.1 Å². The highest BCUT2D eigenvalue weighted by atomic mass is 16.1. The number of nitrogens with zero attached hydrogens (tertiary/aromatic N) is 1. The second kappa shape index (κ2) is 4.54. The Morgan fingerprint density at radius 1 is 1.28 bits per heavy atom. The number of nitrogens with one attached hydrogen (secondary N) is 1. The normalized spacial score (nSPS) is 27.7. The highest BCUT2D eigenvalue weighted by Crippen LogP contribution is 2.35. The van der Waals surface area contributed by atoms with Crippen molar-refractivity contribution in [3.63, 3.8) is 0 Å². The van der Waals surface area contributed by atoms with Gasteiger partial charge in [0.15, 0.2) is 5.78 Å². The van der Waals surface area contributed by atoms with Gasteiger partial charge in [-0.2, -0.15) is 0 Å². The standard InChI is InChI=1S/C15H22N2O/c1-10-8-14(11(2)16-10)15(18)9-17-12-4-3-5-13(17)7-6-12/h8,12-13,16H,3-7,9H2,1-2H3. The van der Waals surface area contributed by atoms with Crippen LogP contribution < -0.4 is 0 Å². The maximum absolute atomic E-state index is 12.4. The average Bonchev–Trinajstić information content (AvgIpc) is 2.75. The monoisotopic (exact) mass is 246 g/mol. The molecule has 2 aliphatic heterocycles. The van der Waals surface area contributed by atoms with E-state index in [0.29, 0.717) is 18.6 Å². The molecule has 3 rings (SSSR count). The largest absolute Gasteiger partial charge is 0.362 e. The molecule has 3 heteroatoms. The molecule has 3 nitrogen and oxygen atoms in total. The summed E-state index contributed by atoms with van der Waals surface area (Å²) in [6.07, 6.45) is 6.51. The van der Waals surface area contributed by atoms with Gasteiger partial charge in [0.05, 0.1) is 6.54 Å². The number of aryl methyl sites for hydroxylation is 2. The molecule has 2 bridgehead atoms. The Morgan fingerprint density at radius 2 is 1.94 bits per heavy atom. The second-order valence-electron chi connectivity index (χ2n) is 5.90. The van der Waals surface area contributed by atoms with Gasteiger partial charge in [-0.25, -0.2) is 0 Å². The fraction of sp³-hybridized carbons (Fsp3) is 0.667. The number of Topliss-reactive ketones (excluding diaryl/α,β-unsaturated/α-hetero) is 1. The molecule has 0 spiro atoms. The molecule has 1 aromatic heterocycles. The smallest absolute Gasteiger partial charge is 0.178 e. The first-order valence-electron chi connectivity index (χ1n) is 7.10. The van der Waals surface area contributed by atoms with Crippen molar-refractivity contribution < 1.29 is 4.79 Å². The van der Waals surface area contributed by atoms with Crippen molar-refractivity contribution >= 4 is 5.78 Å². The molecule has 98 valence electrons. The summed E-state index contributed by atoms with van der Waals surface area (Å²) >= 11 is 0. The van der Waals surface area contributed by atoms with Crippen LogP contribution in [0, 0.1) is 13.8 Å². The van der Waals surface area contributed by atoms with E-state index in [1.807, 2.05) is 19.9 Å². The minimum atomic E-state index is 0.288. The molecule has 2 fully saturated rings. The number of fused-ring (bicyclic) bond motifs is 2. The highest BCUT2D eigenvalue weighted by Gasteiger charge is 2.37. The Morgan fingerprint density at radius 3 is 2.50 bits per heavy atom. The number of hydrogen-bond donors (Lipinski definition) is 1. The van der Waals surface area contributed by atoms with Crippen molar-refractivity contribution in [3.05, 3.63) is 23.0 Å². The number of aromatic amines is 1. The van der Waals surface area contributed by atoms with Crippen LogP contribution in [0.15, 0.2) is 6.07 Å². The first kappa shape index (κ1) is 12.0. The van der Waals surface area contributed by atoms with Crippen molar-refractivity contribution in [2.75, 3.05) is 6.54 Å². The Bertz CT molecular complexity index is 447. The van der Waals surface area contributed by atoms with Crippen molar-refractivity contribution in [2.24, 2.45) is 0 Å². The summed E-state index contributed by atoms with van der Waals surface area (Å²) < 4.78 is 0. The Hall–Kier alpha value is -1.09. The molecule has 0 aromatic carbocycles. The molecule has 2 unspecified atom stereocenters. The van der Waals surface area contributed by atoms with Gasteiger partial charge in [-0.15, -0.1) is 0 Å². The molecule has 1 aromatic rings. The van der Waals surface area contributed by atoms with E-state index in [1.165, 1.54) is 32.1 Å². The summed E-state index contributed by atoms with van der Waals surface area (Å²) in [5, 5.41) is 0. The summed E-state index contributed by atoms with van der Waals surface area (Å²) in [6.45, 7) is 4.62. The molecular weight excluding hydrogens is 224 g/mol. The molecule has 0 radical (unpaired) electrons. The zero-order valence-electron chi connectivity index (χ0n) is 11.3. The van der Waals surface area contributed by atoms with Crippen molar-refractivity contribution in [3.8, 4) is 0 Å². The Balaban J connectivity index is 1.73. The van der Waals surface area contributed by atoms with E-state index >= 15 is 0 Å². The zero-order valence-corrected chi connectivity index (χ0v) is 11.3. The van der Waals surface area contributed by atoms with E-state index in [9.17, 15) is 4.79 Å². The lowest BCUT2D eigenvalue weighted by Gasteiger charge is -2.34.